The zero-order chi connectivity index (χ0) is 11.3. The van der Waals surface area contributed by atoms with Gasteiger partial charge in [0.1, 0.15) is 5.78 Å². The predicted octanol–water partition coefficient (Wildman–Crippen LogP) is 4.42. The molecule has 3 nitrogen and oxygen atoms in total. The van der Waals surface area contributed by atoms with Crippen LogP contribution in [0.25, 0.3) is 0 Å². The largest absolute Gasteiger partial charge is 0.469 e. The van der Waals surface area contributed by atoms with Gasteiger partial charge in [0.05, 0.1) is 7.11 Å². The molecule has 0 aromatic carbocycles. The van der Waals surface area contributed by atoms with Gasteiger partial charge in [-0.25, -0.2) is 0 Å². The number of ether oxygens (including phenoxy) is 1. The molecule has 19 heavy (non-hydrogen) atoms. The number of rotatable bonds is 4. The molecule has 1 aliphatic carbocycles. The Morgan fingerprint density at radius 3 is 2.21 bits per heavy atom. The summed E-state index contributed by atoms with van der Waals surface area (Å²) in [4.78, 5) is 22.5. The van der Waals surface area contributed by atoms with Crippen molar-refractivity contribution in [2.75, 3.05) is 7.11 Å². The Morgan fingerprint density at radius 2 is 1.74 bits per heavy atom. The van der Waals surface area contributed by atoms with Crippen LogP contribution in [0.2, 0.25) is 0 Å². The van der Waals surface area contributed by atoms with Crippen LogP contribution in [0.15, 0.2) is 12.2 Å². The highest BCUT2D eigenvalue weighted by Gasteiger charge is 2.33. The number of halogens is 4. The molecule has 2 unspecified atom stereocenters. The average molecular weight is 534 g/mol. The second-order valence-electron chi connectivity index (χ2n) is 4.05. The topological polar surface area (TPSA) is 43.4 Å². The van der Waals surface area contributed by atoms with Gasteiger partial charge in [0, 0.05) is 19.3 Å². The lowest BCUT2D eigenvalue weighted by Crippen LogP contribution is -2.13. The molecular weight excluding hydrogens is 512 g/mol. The smallest absolute Gasteiger partial charge is 0.305 e. The second-order valence-corrected chi connectivity index (χ2v) is 4.05. The Hall–Kier alpha value is 0.800. The van der Waals surface area contributed by atoms with E-state index in [1.807, 2.05) is 13.0 Å². The van der Waals surface area contributed by atoms with Crippen LogP contribution >= 0.6 is 67.9 Å². The Kier molecular flexibility index (Phi) is 22.4. The first kappa shape index (κ1) is 28.0. The van der Waals surface area contributed by atoms with Gasteiger partial charge in [-0.3, -0.25) is 9.59 Å². The minimum Gasteiger partial charge on any atom is -0.469 e. The maximum atomic E-state index is 11.3. The first-order chi connectivity index (χ1) is 7.17. The lowest BCUT2D eigenvalue weighted by Gasteiger charge is -2.15. The van der Waals surface area contributed by atoms with E-state index in [1.165, 1.54) is 7.11 Å². The van der Waals surface area contributed by atoms with Gasteiger partial charge < -0.3 is 4.74 Å². The number of esters is 1. The third kappa shape index (κ3) is 10.2. The highest BCUT2D eigenvalue weighted by atomic mass is 79.9. The van der Waals surface area contributed by atoms with E-state index in [0.717, 1.165) is 6.42 Å². The molecule has 0 heterocycles. The quantitative estimate of drug-likeness (QED) is 0.397. The number of hydrogen-bond donors (Lipinski definition) is 0. The Morgan fingerprint density at radius 1 is 1.21 bits per heavy atom. The van der Waals surface area contributed by atoms with Crippen molar-refractivity contribution in [1.82, 2.24) is 0 Å². The van der Waals surface area contributed by atoms with Gasteiger partial charge in [-0.05, 0) is 25.2 Å². The maximum absolute atomic E-state index is 11.3. The fourth-order valence-corrected chi connectivity index (χ4v) is 2.12. The number of carbonyl (C=O) groups is 2. The molecule has 7 heteroatoms. The summed E-state index contributed by atoms with van der Waals surface area (Å²) in [5.74, 6) is 0.576. The molecular formula is C12H22Br4O3. The van der Waals surface area contributed by atoms with Crippen LogP contribution in [0.1, 0.15) is 32.6 Å². The normalized spacial score (nSPS) is 20.6. The molecule has 116 valence electrons. The molecule has 0 aliphatic heterocycles. The van der Waals surface area contributed by atoms with E-state index in [2.05, 4.69) is 10.8 Å². The fraction of sp³-hybridized carbons (Fsp3) is 0.667. The Balaban J connectivity index is -0.000000281. The van der Waals surface area contributed by atoms with Crippen molar-refractivity contribution < 1.29 is 14.3 Å². The van der Waals surface area contributed by atoms with Gasteiger partial charge in [0.15, 0.2) is 0 Å². The van der Waals surface area contributed by atoms with Gasteiger partial charge in [-0.1, -0.05) is 12.2 Å². The summed E-state index contributed by atoms with van der Waals surface area (Å²) in [6.07, 6.45) is 6.48. The van der Waals surface area contributed by atoms with Crippen LogP contribution in [-0.2, 0) is 14.3 Å². The van der Waals surface area contributed by atoms with Gasteiger partial charge in [-0.15, -0.1) is 67.9 Å². The van der Waals surface area contributed by atoms with Crippen LogP contribution in [0.4, 0.5) is 0 Å². The van der Waals surface area contributed by atoms with Crippen LogP contribution < -0.4 is 0 Å². The number of Topliss-reactive ketones (excluding diaryl/α,β-unsaturated/α-hetero) is 1. The predicted molar refractivity (Wildman–Crippen MR) is 98.6 cm³/mol. The van der Waals surface area contributed by atoms with E-state index < -0.39 is 0 Å². The lowest BCUT2D eigenvalue weighted by molar-refractivity contribution is -0.142. The summed E-state index contributed by atoms with van der Waals surface area (Å²) in [6, 6.07) is 0. The van der Waals surface area contributed by atoms with E-state index in [1.54, 1.807) is 0 Å². The summed E-state index contributed by atoms with van der Waals surface area (Å²) >= 11 is 0. The molecule has 0 N–H and O–H groups in total. The molecule has 1 saturated carbocycles. The van der Waals surface area contributed by atoms with Gasteiger partial charge in [-0.2, -0.15) is 0 Å². The minimum absolute atomic E-state index is 0. The Labute approximate surface area is 157 Å². The maximum Gasteiger partial charge on any atom is 0.305 e. The highest BCUT2D eigenvalue weighted by Crippen LogP contribution is 2.34. The fourth-order valence-electron chi connectivity index (χ4n) is 2.12. The molecule has 0 aromatic rings. The van der Waals surface area contributed by atoms with Crippen molar-refractivity contribution in [3.05, 3.63) is 12.2 Å². The SMILES string of the molecule is Br.Br.Br.Br.C/C=C\CC1CC(=O)CC1CC(=O)OC. The van der Waals surface area contributed by atoms with E-state index in [4.69, 9.17) is 0 Å². The monoisotopic (exact) mass is 530 g/mol. The molecule has 2 atom stereocenters. The highest BCUT2D eigenvalue weighted by molar-refractivity contribution is 8.93. The number of allylic oxidation sites excluding steroid dienone is 2. The average Bonchev–Trinajstić information content (AvgIpc) is 2.55. The molecule has 0 spiro atoms. The molecule has 1 aliphatic rings. The van der Waals surface area contributed by atoms with Crippen LogP contribution in [0.3, 0.4) is 0 Å². The number of methoxy groups -OCH3 is 1. The van der Waals surface area contributed by atoms with E-state index in [9.17, 15) is 9.59 Å². The Bertz CT molecular complexity index is 282. The minimum atomic E-state index is -0.208. The zero-order valence-electron chi connectivity index (χ0n) is 11.0. The van der Waals surface area contributed by atoms with Crippen molar-refractivity contribution in [1.29, 1.82) is 0 Å². The third-order valence-corrected chi connectivity index (χ3v) is 2.98. The van der Waals surface area contributed by atoms with E-state index in [-0.39, 0.29) is 85.6 Å². The third-order valence-electron chi connectivity index (χ3n) is 2.98. The van der Waals surface area contributed by atoms with Crippen LogP contribution in [-0.4, -0.2) is 18.9 Å². The van der Waals surface area contributed by atoms with Crippen molar-refractivity contribution in [2.24, 2.45) is 11.8 Å². The molecule has 1 fully saturated rings. The first-order valence-electron chi connectivity index (χ1n) is 5.37. The molecule has 0 radical (unpaired) electrons. The van der Waals surface area contributed by atoms with Gasteiger partial charge in [0.25, 0.3) is 0 Å². The summed E-state index contributed by atoms with van der Waals surface area (Å²) in [7, 11) is 1.39. The van der Waals surface area contributed by atoms with Gasteiger partial charge >= 0.3 is 5.97 Å². The number of hydrogen-bond acceptors (Lipinski definition) is 3. The van der Waals surface area contributed by atoms with Crippen molar-refractivity contribution >= 4 is 79.7 Å². The van der Waals surface area contributed by atoms with Crippen LogP contribution in [0, 0.1) is 11.8 Å². The van der Waals surface area contributed by atoms with Crippen LogP contribution in [0.5, 0.6) is 0 Å². The molecule has 0 bridgehead atoms. The first-order valence-corrected chi connectivity index (χ1v) is 5.37. The van der Waals surface area contributed by atoms with Crippen molar-refractivity contribution in [3.8, 4) is 0 Å². The van der Waals surface area contributed by atoms with E-state index in [0.29, 0.717) is 25.2 Å². The summed E-state index contributed by atoms with van der Waals surface area (Å²) < 4.78 is 4.63. The summed E-state index contributed by atoms with van der Waals surface area (Å²) in [5.41, 5.74) is 0. The molecule has 0 amide bonds. The number of carbonyl (C=O) groups excluding carboxylic acids is 2. The van der Waals surface area contributed by atoms with E-state index >= 15 is 0 Å². The molecule has 0 aromatic heterocycles. The number of ketones is 1. The lowest BCUT2D eigenvalue weighted by atomic mass is 9.90. The van der Waals surface area contributed by atoms with Gasteiger partial charge in [0.2, 0.25) is 0 Å². The molecule has 0 saturated heterocycles. The molecule has 1 rings (SSSR count). The summed E-state index contributed by atoms with van der Waals surface area (Å²) in [6.45, 7) is 1.96. The standard InChI is InChI=1S/C12H18O3.4BrH/c1-3-4-5-9-6-11(13)7-10(9)8-12(14)15-2;;;;/h3-4,9-10H,5-8H2,1-2H3;4*1H/b4-3-;;;;. The van der Waals surface area contributed by atoms with Crippen molar-refractivity contribution in [2.45, 2.75) is 32.6 Å². The second kappa shape index (κ2) is 15.2. The summed E-state index contributed by atoms with van der Waals surface area (Å²) in [5, 5.41) is 0. The zero-order valence-corrected chi connectivity index (χ0v) is 17.8. The van der Waals surface area contributed by atoms with Crippen molar-refractivity contribution in [3.63, 3.8) is 0 Å².